The Bertz CT molecular complexity index is 1430. The maximum atomic E-state index is 13.7. The van der Waals surface area contributed by atoms with Crippen LogP contribution in [-0.2, 0) is 26.3 Å². The van der Waals surface area contributed by atoms with Gasteiger partial charge in [-0.05, 0) is 83.9 Å². The van der Waals surface area contributed by atoms with Crippen molar-refractivity contribution >= 4 is 46.9 Å². The van der Waals surface area contributed by atoms with E-state index < -0.39 is 23.3 Å². The molecular formula is C31H40ClN5O5. The van der Waals surface area contributed by atoms with E-state index in [1.165, 1.54) is 9.80 Å². The molecule has 1 saturated heterocycles. The molecule has 2 aliphatic heterocycles. The van der Waals surface area contributed by atoms with Gasteiger partial charge in [-0.1, -0.05) is 31.5 Å². The lowest BCUT2D eigenvalue weighted by molar-refractivity contribution is -0.123. The number of urea groups is 1. The highest BCUT2D eigenvalue weighted by molar-refractivity contribution is 6.29. The second-order valence-corrected chi connectivity index (χ2v) is 13.7. The number of imide groups is 1. The fourth-order valence-electron chi connectivity index (χ4n) is 5.30. The molecule has 4 rings (SSSR count). The maximum absolute atomic E-state index is 13.7. The number of halogens is 1. The number of hydrogen-bond acceptors (Lipinski definition) is 6. The van der Waals surface area contributed by atoms with Gasteiger partial charge in [-0.25, -0.2) is 19.5 Å². The van der Waals surface area contributed by atoms with Gasteiger partial charge in [0.15, 0.2) is 0 Å². The molecular weight excluding hydrogens is 558 g/mol. The SMILES string of the molecule is CC(C)N(CC(=O)N1CC(C)(C)c2ccc(N3C(=O)N(Cc4ccnc(Cl)c4)C(C)(C)C3=O)cc21)C(=O)OC(C)(C)C. The minimum absolute atomic E-state index is 0.175. The number of ether oxygens (including phenoxy) is 1. The molecule has 2 aromatic rings. The van der Waals surface area contributed by atoms with Crippen molar-refractivity contribution in [1.82, 2.24) is 14.8 Å². The van der Waals surface area contributed by atoms with Gasteiger partial charge in [0.2, 0.25) is 5.91 Å². The standard InChI is InChI=1S/C31H40ClN5O5/c1-19(2)34(28(41)42-29(3,4)5)17-25(38)35-18-30(6,7)22-11-10-21(15-23(22)35)37-26(39)31(8,9)36(27(37)40)16-20-12-13-33-24(32)14-20/h10-15,19H,16-18H2,1-9H3. The first-order valence-electron chi connectivity index (χ1n) is 14.0. The lowest BCUT2D eigenvalue weighted by atomic mass is 9.87. The summed E-state index contributed by atoms with van der Waals surface area (Å²) in [5.41, 5.74) is 0.427. The third kappa shape index (κ3) is 5.95. The molecule has 0 unspecified atom stereocenters. The van der Waals surface area contributed by atoms with E-state index in [0.29, 0.717) is 23.1 Å². The molecule has 2 aliphatic rings. The first-order chi connectivity index (χ1) is 19.3. The molecule has 226 valence electrons. The van der Waals surface area contributed by atoms with E-state index in [1.807, 2.05) is 33.8 Å². The number of aromatic nitrogens is 1. The van der Waals surface area contributed by atoms with Crippen molar-refractivity contribution in [3.63, 3.8) is 0 Å². The Hall–Kier alpha value is -3.66. The van der Waals surface area contributed by atoms with Crippen LogP contribution in [0, 0.1) is 0 Å². The van der Waals surface area contributed by atoms with Gasteiger partial charge in [0.25, 0.3) is 5.91 Å². The zero-order chi connectivity index (χ0) is 31.4. The molecule has 3 heterocycles. The van der Waals surface area contributed by atoms with E-state index in [2.05, 4.69) is 4.98 Å². The van der Waals surface area contributed by atoms with Crippen LogP contribution in [0.5, 0.6) is 0 Å². The van der Waals surface area contributed by atoms with Crippen LogP contribution < -0.4 is 9.80 Å². The molecule has 5 amide bonds. The number of carbonyl (C=O) groups excluding carboxylic acids is 4. The van der Waals surface area contributed by atoms with Crippen molar-refractivity contribution in [2.24, 2.45) is 0 Å². The van der Waals surface area contributed by atoms with Crippen LogP contribution in [0.4, 0.5) is 21.0 Å². The molecule has 0 bridgehead atoms. The number of benzene rings is 1. The minimum atomic E-state index is -1.12. The second-order valence-electron chi connectivity index (χ2n) is 13.3. The Morgan fingerprint density at radius 1 is 1.10 bits per heavy atom. The average Bonchev–Trinajstić information content (AvgIpc) is 3.22. The van der Waals surface area contributed by atoms with Gasteiger partial charge in [-0.2, -0.15) is 0 Å². The van der Waals surface area contributed by atoms with E-state index >= 15 is 0 Å². The lowest BCUT2D eigenvalue weighted by Crippen LogP contribution is -2.48. The second kappa shape index (κ2) is 10.9. The van der Waals surface area contributed by atoms with E-state index in [9.17, 15) is 19.2 Å². The number of anilines is 2. The maximum Gasteiger partial charge on any atom is 0.410 e. The molecule has 1 fully saturated rings. The van der Waals surface area contributed by atoms with Crippen LogP contribution in [-0.4, -0.2) is 69.0 Å². The first kappa shape index (κ1) is 31.3. The van der Waals surface area contributed by atoms with Gasteiger partial charge in [-0.3, -0.25) is 14.5 Å². The number of fused-ring (bicyclic) bond motifs is 1. The van der Waals surface area contributed by atoms with Crippen molar-refractivity contribution < 1.29 is 23.9 Å². The van der Waals surface area contributed by atoms with E-state index in [4.69, 9.17) is 16.3 Å². The van der Waals surface area contributed by atoms with Gasteiger partial charge in [0.1, 0.15) is 22.8 Å². The van der Waals surface area contributed by atoms with Crippen LogP contribution in [0.15, 0.2) is 36.5 Å². The molecule has 0 spiro atoms. The summed E-state index contributed by atoms with van der Waals surface area (Å²) in [4.78, 5) is 63.7. The van der Waals surface area contributed by atoms with Crippen LogP contribution in [0.25, 0.3) is 0 Å². The van der Waals surface area contributed by atoms with Crippen molar-refractivity contribution in [3.8, 4) is 0 Å². The van der Waals surface area contributed by atoms with Crippen LogP contribution >= 0.6 is 11.6 Å². The molecule has 0 N–H and O–H groups in total. The Morgan fingerprint density at radius 3 is 2.36 bits per heavy atom. The van der Waals surface area contributed by atoms with Crippen molar-refractivity contribution in [1.29, 1.82) is 0 Å². The highest BCUT2D eigenvalue weighted by Gasteiger charge is 2.52. The predicted octanol–water partition coefficient (Wildman–Crippen LogP) is 5.75. The highest BCUT2D eigenvalue weighted by atomic mass is 35.5. The summed E-state index contributed by atoms with van der Waals surface area (Å²) < 4.78 is 5.54. The smallest absolute Gasteiger partial charge is 0.410 e. The Balaban J connectivity index is 1.65. The molecule has 0 saturated carbocycles. The zero-order valence-electron chi connectivity index (χ0n) is 25.8. The Morgan fingerprint density at radius 2 is 1.76 bits per heavy atom. The number of rotatable bonds is 6. The largest absolute Gasteiger partial charge is 0.444 e. The zero-order valence-corrected chi connectivity index (χ0v) is 26.6. The van der Waals surface area contributed by atoms with E-state index in [-0.39, 0.29) is 36.4 Å². The molecule has 11 heteroatoms. The van der Waals surface area contributed by atoms with Crippen LogP contribution in [0.1, 0.15) is 73.4 Å². The lowest BCUT2D eigenvalue weighted by Gasteiger charge is -2.31. The molecule has 0 aliphatic carbocycles. The van der Waals surface area contributed by atoms with Gasteiger partial charge in [0, 0.05) is 36.4 Å². The van der Waals surface area contributed by atoms with Crippen molar-refractivity contribution in [2.75, 3.05) is 22.9 Å². The summed E-state index contributed by atoms with van der Waals surface area (Å²) in [6.45, 7) is 16.9. The minimum Gasteiger partial charge on any atom is -0.444 e. The summed E-state index contributed by atoms with van der Waals surface area (Å²) in [7, 11) is 0. The van der Waals surface area contributed by atoms with Gasteiger partial charge >= 0.3 is 12.1 Å². The molecule has 42 heavy (non-hydrogen) atoms. The molecule has 1 aromatic carbocycles. The number of carbonyl (C=O) groups is 4. The molecule has 0 atom stereocenters. The summed E-state index contributed by atoms with van der Waals surface area (Å²) in [6.07, 6.45) is 0.992. The van der Waals surface area contributed by atoms with Gasteiger partial charge < -0.3 is 14.5 Å². The van der Waals surface area contributed by atoms with E-state index in [0.717, 1.165) is 16.0 Å². The summed E-state index contributed by atoms with van der Waals surface area (Å²) >= 11 is 6.05. The van der Waals surface area contributed by atoms with E-state index in [1.54, 1.807) is 70.0 Å². The quantitative estimate of drug-likeness (QED) is 0.310. The summed E-state index contributed by atoms with van der Waals surface area (Å²) in [5.74, 6) is -0.659. The van der Waals surface area contributed by atoms with Crippen LogP contribution in [0.2, 0.25) is 5.15 Å². The number of amides is 5. The van der Waals surface area contributed by atoms with Gasteiger partial charge in [0.05, 0.1) is 5.69 Å². The monoisotopic (exact) mass is 597 g/mol. The first-order valence-corrected chi connectivity index (χ1v) is 14.4. The predicted molar refractivity (Wildman–Crippen MR) is 162 cm³/mol. The molecule has 10 nitrogen and oxygen atoms in total. The molecule has 0 radical (unpaired) electrons. The third-order valence-corrected chi connectivity index (χ3v) is 7.83. The number of hydrogen-bond donors (Lipinski definition) is 0. The van der Waals surface area contributed by atoms with Crippen molar-refractivity contribution in [3.05, 3.63) is 52.8 Å². The fourth-order valence-corrected chi connectivity index (χ4v) is 5.50. The van der Waals surface area contributed by atoms with Crippen molar-refractivity contribution in [2.45, 2.75) is 91.5 Å². The molecule has 1 aromatic heterocycles. The van der Waals surface area contributed by atoms with Gasteiger partial charge in [-0.15, -0.1) is 0 Å². The van der Waals surface area contributed by atoms with Crippen LogP contribution in [0.3, 0.4) is 0 Å². The normalized spacial score (nSPS) is 17.6. The topological polar surface area (TPSA) is 103 Å². The Kier molecular flexibility index (Phi) is 8.10. The Labute approximate surface area is 252 Å². The average molecular weight is 598 g/mol. The fraction of sp³-hybridized carbons (Fsp3) is 0.516. The highest BCUT2D eigenvalue weighted by Crippen LogP contribution is 2.44. The number of pyridine rings is 1. The third-order valence-electron chi connectivity index (χ3n) is 7.63. The number of nitrogens with zero attached hydrogens (tertiary/aromatic N) is 5. The summed E-state index contributed by atoms with van der Waals surface area (Å²) in [5, 5.41) is 0.300. The summed E-state index contributed by atoms with van der Waals surface area (Å²) in [6, 6.07) is 8.00.